The third kappa shape index (κ3) is 7.22. The average molecular weight is 221 g/mol. The zero-order valence-corrected chi connectivity index (χ0v) is 11.8. The van der Waals surface area contributed by atoms with Crippen molar-refractivity contribution in [2.75, 3.05) is 0 Å². The molecule has 16 heavy (non-hydrogen) atoms. The first kappa shape index (κ1) is 17.3. The van der Waals surface area contributed by atoms with Crippen molar-refractivity contribution in [3.8, 4) is 0 Å². The fraction of sp³-hybridized carbons (Fsp3) is 0.533. The Labute approximate surface area is 102 Å². The molecular formula is C15H27N. The van der Waals surface area contributed by atoms with E-state index in [2.05, 4.69) is 17.6 Å². The summed E-state index contributed by atoms with van der Waals surface area (Å²) in [5.74, 6) is 0. The van der Waals surface area contributed by atoms with Crippen LogP contribution in [0.1, 0.15) is 54.4 Å². The molecule has 0 N–H and O–H groups in total. The van der Waals surface area contributed by atoms with Gasteiger partial charge in [-0.2, -0.15) is 0 Å². The number of hydrogen-bond donors (Lipinski definition) is 0. The third-order valence-electron chi connectivity index (χ3n) is 1.80. The lowest BCUT2D eigenvalue weighted by Crippen LogP contribution is -1.96. The van der Waals surface area contributed by atoms with Crippen LogP contribution in [0.5, 0.6) is 0 Å². The van der Waals surface area contributed by atoms with Crippen LogP contribution in [-0.2, 0) is 0 Å². The first-order valence-corrected chi connectivity index (χ1v) is 6.29. The van der Waals surface area contributed by atoms with Crippen molar-refractivity contribution < 1.29 is 0 Å². The first-order chi connectivity index (χ1) is 7.74. The molecule has 1 aliphatic heterocycles. The van der Waals surface area contributed by atoms with Gasteiger partial charge in [-0.3, -0.25) is 4.99 Å². The summed E-state index contributed by atoms with van der Waals surface area (Å²) in [6.45, 7) is 15.9. The normalized spacial score (nSPS) is 18.4. The summed E-state index contributed by atoms with van der Waals surface area (Å²) in [4.78, 5) is 4.31. The topological polar surface area (TPSA) is 12.4 Å². The van der Waals surface area contributed by atoms with Crippen molar-refractivity contribution in [1.82, 2.24) is 0 Å². The standard InChI is InChI=1S/C11H15N.2C2H6/c1-4-11-10(8-9(2)3)6-5-7-12-11;2*1-2/h4,7-8H,2,5-6H2,1,3H3;2*1-2H3/b10-8-,11-4+;;. The summed E-state index contributed by atoms with van der Waals surface area (Å²) in [5.41, 5.74) is 3.51. The lowest BCUT2D eigenvalue weighted by molar-refractivity contribution is 0.982. The molecule has 92 valence electrons. The highest BCUT2D eigenvalue weighted by Crippen LogP contribution is 2.21. The van der Waals surface area contributed by atoms with Gasteiger partial charge in [0.25, 0.3) is 0 Å². The maximum absolute atomic E-state index is 4.31. The van der Waals surface area contributed by atoms with E-state index in [1.807, 2.05) is 53.8 Å². The molecule has 0 aliphatic carbocycles. The largest absolute Gasteiger partial charge is 0.261 e. The molecular weight excluding hydrogens is 194 g/mol. The van der Waals surface area contributed by atoms with Gasteiger partial charge < -0.3 is 0 Å². The zero-order valence-electron chi connectivity index (χ0n) is 11.8. The minimum Gasteiger partial charge on any atom is -0.261 e. The van der Waals surface area contributed by atoms with Crippen molar-refractivity contribution in [2.24, 2.45) is 4.99 Å². The summed E-state index contributed by atoms with van der Waals surface area (Å²) in [5, 5.41) is 0. The quantitative estimate of drug-likeness (QED) is 0.569. The van der Waals surface area contributed by atoms with Gasteiger partial charge in [0.05, 0.1) is 5.70 Å². The molecule has 0 spiro atoms. The van der Waals surface area contributed by atoms with Crippen LogP contribution in [0.3, 0.4) is 0 Å². The van der Waals surface area contributed by atoms with E-state index < -0.39 is 0 Å². The van der Waals surface area contributed by atoms with Crippen LogP contribution in [0.4, 0.5) is 0 Å². The van der Waals surface area contributed by atoms with E-state index in [9.17, 15) is 0 Å². The van der Waals surface area contributed by atoms with Crippen molar-refractivity contribution in [1.29, 1.82) is 0 Å². The average Bonchev–Trinajstić information content (AvgIpc) is 2.34. The fourth-order valence-corrected chi connectivity index (χ4v) is 1.30. The molecule has 0 aromatic carbocycles. The monoisotopic (exact) mass is 221 g/mol. The van der Waals surface area contributed by atoms with Gasteiger partial charge in [0, 0.05) is 6.21 Å². The van der Waals surface area contributed by atoms with E-state index in [-0.39, 0.29) is 0 Å². The molecule has 0 radical (unpaired) electrons. The molecule has 1 heterocycles. The number of allylic oxidation sites excluding steroid dienone is 4. The smallest absolute Gasteiger partial charge is 0.0615 e. The Morgan fingerprint density at radius 2 is 1.88 bits per heavy atom. The Bertz CT molecular complexity index is 267. The predicted molar refractivity (Wildman–Crippen MR) is 77.1 cm³/mol. The van der Waals surface area contributed by atoms with Crippen molar-refractivity contribution >= 4 is 6.21 Å². The van der Waals surface area contributed by atoms with E-state index in [0.29, 0.717) is 0 Å². The highest BCUT2D eigenvalue weighted by Gasteiger charge is 2.05. The van der Waals surface area contributed by atoms with Crippen LogP contribution in [0, 0.1) is 0 Å². The third-order valence-corrected chi connectivity index (χ3v) is 1.80. The second-order valence-electron chi connectivity index (χ2n) is 3.04. The van der Waals surface area contributed by atoms with E-state index in [1.54, 1.807) is 0 Å². The molecule has 0 bridgehead atoms. The minimum absolute atomic E-state index is 1.05. The van der Waals surface area contributed by atoms with E-state index >= 15 is 0 Å². The van der Waals surface area contributed by atoms with Crippen molar-refractivity contribution in [2.45, 2.75) is 54.4 Å². The molecule has 1 aliphatic rings. The van der Waals surface area contributed by atoms with Crippen molar-refractivity contribution in [3.63, 3.8) is 0 Å². The van der Waals surface area contributed by atoms with E-state index in [4.69, 9.17) is 0 Å². The van der Waals surface area contributed by atoms with E-state index in [0.717, 1.165) is 24.1 Å². The predicted octanol–water partition coefficient (Wildman–Crippen LogP) is 5.31. The van der Waals surface area contributed by atoms with Crippen molar-refractivity contribution in [3.05, 3.63) is 35.6 Å². The molecule has 1 nitrogen and oxygen atoms in total. The summed E-state index contributed by atoms with van der Waals surface area (Å²) in [7, 11) is 0. The molecule has 0 saturated carbocycles. The summed E-state index contributed by atoms with van der Waals surface area (Å²) in [6.07, 6.45) is 8.29. The van der Waals surface area contributed by atoms with Gasteiger partial charge >= 0.3 is 0 Å². The lowest BCUT2D eigenvalue weighted by Gasteiger charge is -2.11. The SMILES string of the molecule is C=C(C)/C=C1/CCC=N/C1=C/C.CC.CC. The minimum atomic E-state index is 1.05. The lowest BCUT2D eigenvalue weighted by atomic mass is 10.0. The van der Waals surface area contributed by atoms with Crippen LogP contribution >= 0.6 is 0 Å². The Balaban J connectivity index is 0. The first-order valence-electron chi connectivity index (χ1n) is 6.29. The number of rotatable bonds is 1. The Morgan fingerprint density at radius 3 is 2.31 bits per heavy atom. The van der Waals surface area contributed by atoms with Gasteiger partial charge in [-0.25, -0.2) is 0 Å². The molecule has 0 aromatic rings. The van der Waals surface area contributed by atoms with Crippen LogP contribution in [0.2, 0.25) is 0 Å². The number of nitrogens with zero attached hydrogens (tertiary/aromatic N) is 1. The summed E-state index contributed by atoms with van der Waals surface area (Å²) < 4.78 is 0. The maximum atomic E-state index is 4.31. The molecule has 0 fully saturated rings. The van der Waals surface area contributed by atoms with E-state index in [1.165, 1.54) is 5.57 Å². The second kappa shape index (κ2) is 12.0. The van der Waals surface area contributed by atoms with Gasteiger partial charge in [0.1, 0.15) is 0 Å². The molecule has 0 atom stereocenters. The molecule has 1 rings (SSSR count). The molecule has 0 saturated heterocycles. The van der Waals surface area contributed by atoms with Crippen LogP contribution < -0.4 is 0 Å². The fourth-order valence-electron chi connectivity index (χ4n) is 1.30. The maximum Gasteiger partial charge on any atom is 0.0615 e. The highest BCUT2D eigenvalue weighted by atomic mass is 14.7. The van der Waals surface area contributed by atoms with Crippen LogP contribution in [0.15, 0.2) is 40.6 Å². The van der Waals surface area contributed by atoms with Crippen LogP contribution in [-0.4, -0.2) is 6.21 Å². The Hall–Kier alpha value is -1.11. The Kier molecular flexibility index (Phi) is 12.9. The molecule has 1 heteroatoms. The molecule has 0 aromatic heterocycles. The van der Waals surface area contributed by atoms with Gasteiger partial charge in [-0.15, -0.1) is 0 Å². The van der Waals surface area contributed by atoms with Gasteiger partial charge in [0.15, 0.2) is 0 Å². The van der Waals surface area contributed by atoms with Gasteiger partial charge in [-0.1, -0.05) is 52.0 Å². The highest BCUT2D eigenvalue weighted by molar-refractivity contribution is 5.64. The number of aliphatic imine (C=N–C) groups is 1. The van der Waals surface area contributed by atoms with Crippen LogP contribution in [0.25, 0.3) is 0 Å². The number of hydrogen-bond acceptors (Lipinski definition) is 1. The Morgan fingerprint density at radius 1 is 1.31 bits per heavy atom. The summed E-state index contributed by atoms with van der Waals surface area (Å²) in [6, 6.07) is 0. The molecule has 0 amide bonds. The molecule has 0 unspecified atom stereocenters. The van der Waals surface area contributed by atoms with Gasteiger partial charge in [-0.05, 0) is 32.3 Å². The zero-order chi connectivity index (χ0) is 13.0. The summed E-state index contributed by atoms with van der Waals surface area (Å²) >= 11 is 0. The second-order valence-corrected chi connectivity index (χ2v) is 3.04. The van der Waals surface area contributed by atoms with Gasteiger partial charge in [0.2, 0.25) is 0 Å².